The lowest BCUT2D eigenvalue weighted by atomic mass is 10.2. The standard InChI is InChI=1S/C19H15N3O3S2/c1-12-17(27-18(21-12)14-7-9-26-11-14)19(24)25-8-6-16(23)22-15-5-3-2-4-13(15)10-20/h2-5,7,9,11H,6,8H2,1H3,(H,22,23). The van der Waals surface area contributed by atoms with Crippen molar-refractivity contribution < 1.29 is 14.3 Å². The number of aryl methyl sites for hydroxylation is 1. The van der Waals surface area contributed by atoms with Crippen molar-refractivity contribution in [3.05, 3.63) is 57.2 Å². The van der Waals surface area contributed by atoms with Gasteiger partial charge in [0, 0.05) is 10.9 Å². The molecular formula is C19H15N3O3S2. The predicted molar refractivity (Wildman–Crippen MR) is 105 cm³/mol. The second-order valence-corrected chi connectivity index (χ2v) is 7.32. The van der Waals surface area contributed by atoms with Crippen LogP contribution in [0.25, 0.3) is 10.6 Å². The number of thiophene rings is 1. The van der Waals surface area contributed by atoms with Crippen LogP contribution in [0.2, 0.25) is 0 Å². The van der Waals surface area contributed by atoms with Crippen molar-refractivity contribution in [1.29, 1.82) is 5.26 Å². The van der Waals surface area contributed by atoms with Crippen LogP contribution in [0.3, 0.4) is 0 Å². The molecule has 0 saturated carbocycles. The van der Waals surface area contributed by atoms with Crippen LogP contribution in [-0.2, 0) is 9.53 Å². The molecule has 3 rings (SSSR count). The maximum Gasteiger partial charge on any atom is 0.350 e. The fraction of sp³-hybridized carbons (Fsp3) is 0.158. The van der Waals surface area contributed by atoms with E-state index in [1.54, 1.807) is 42.5 Å². The number of para-hydroxylation sites is 1. The minimum Gasteiger partial charge on any atom is -0.461 e. The van der Waals surface area contributed by atoms with Gasteiger partial charge in [0.2, 0.25) is 5.91 Å². The van der Waals surface area contributed by atoms with Gasteiger partial charge in [-0.2, -0.15) is 16.6 Å². The largest absolute Gasteiger partial charge is 0.461 e. The van der Waals surface area contributed by atoms with Gasteiger partial charge in [0.15, 0.2) is 0 Å². The molecule has 0 unspecified atom stereocenters. The monoisotopic (exact) mass is 397 g/mol. The number of aromatic nitrogens is 1. The maximum absolute atomic E-state index is 12.3. The molecule has 136 valence electrons. The van der Waals surface area contributed by atoms with Gasteiger partial charge in [-0.15, -0.1) is 11.3 Å². The van der Waals surface area contributed by atoms with Crippen molar-refractivity contribution >= 4 is 40.2 Å². The number of nitrogens with one attached hydrogen (secondary N) is 1. The highest BCUT2D eigenvalue weighted by Gasteiger charge is 2.18. The smallest absolute Gasteiger partial charge is 0.350 e. The zero-order chi connectivity index (χ0) is 19.2. The number of benzene rings is 1. The van der Waals surface area contributed by atoms with Crippen LogP contribution in [0.15, 0.2) is 41.1 Å². The molecule has 0 aliphatic rings. The Bertz CT molecular complexity index is 1000. The van der Waals surface area contributed by atoms with Crippen molar-refractivity contribution in [3.63, 3.8) is 0 Å². The Morgan fingerprint density at radius 1 is 1.30 bits per heavy atom. The van der Waals surface area contributed by atoms with Gasteiger partial charge in [-0.1, -0.05) is 12.1 Å². The number of nitrogens with zero attached hydrogens (tertiary/aromatic N) is 2. The van der Waals surface area contributed by atoms with Crippen molar-refractivity contribution in [1.82, 2.24) is 4.98 Å². The molecule has 1 amide bonds. The zero-order valence-corrected chi connectivity index (χ0v) is 16.0. The van der Waals surface area contributed by atoms with Crippen LogP contribution >= 0.6 is 22.7 Å². The first kappa shape index (κ1) is 18.8. The van der Waals surface area contributed by atoms with E-state index < -0.39 is 5.97 Å². The molecule has 0 spiro atoms. The molecule has 0 aliphatic carbocycles. The second-order valence-electron chi connectivity index (χ2n) is 5.54. The van der Waals surface area contributed by atoms with Gasteiger partial charge in [0.25, 0.3) is 0 Å². The third kappa shape index (κ3) is 4.58. The van der Waals surface area contributed by atoms with Gasteiger partial charge < -0.3 is 10.1 Å². The molecule has 0 radical (unpaired) electrons. The van der Waals surface area contributed by atoms with Gasteiger partial charge in [-0.25, -0.2) is 9.78 Å². The fourth-order valence-corrected chi connectivity index (χ4v) is 3.97. The first-order chi connectivity index (χ1) is 13.1. The van der Waals surface area contributed by atoms with E-state index in [0.717, 1.165) is 10.6 Å². The SMILES string of the molecule is Cc1nc(-c2ccsc2)sc1C(=O)OCCC(=O)Nc1ccccc1C#N. The molecule has 2 aromatic heterocycles. The highest BCUT2D eigenvalue weighted by atomic mass is 32.1. The summed E-state index contributed by atoms with van der Waals surface area (Å²) in [5.74, 6) is -0.817. The van der Waals surface area contributed by atoms with Crippen molar-refractivity contribution in [2.24, 2.45) is 0 Å². The van der Waals surface area contributed by atoms with E-state index in [0.29, 0.717) is 21.8 Å². The quantitative estimate of drug-likeness (QED) is 0.628. The molecule has 6 nitrogen and oxygen atoms in total. The van der Waals surface area contributed by atoms with Crippen molar-refractivity contribution in [2.45, 2.75) is 13.3 Å². The lowest BCUT2D eigenvalue weighted by Gasteiger charge is -2.07. The van der Waals surface area contributed by atoms with Crippen molar-refractivity contribution in [3.8, 4) is 16.6 Å². The Labute approximate surface area is 164 Å². The number of hydrogen-bond donors (Lipinski definition) is 1. The molecule has 0 atom stereocenters. The van der Waals surface area contributed by atoms with E-state index in [1.807, 2.05) is 22.9 Å². The summed E-state index contributed by atoms with van der Waals surface area (Å²) in [6.45, 7) is 1.71. The average molecular weight is 397 g/mol. The minimum atomic E-state index is -0.489. The van der Waals surface area contributed by atoms with Crippen LogP contribution in [0.4, 0.5) is 5.69 Å². The van der Waals surface area contributed by atoms with Crippen LogP contribution in [0.5, 0.6) is 0 Å². The maximum atomic E-state index is 12.3. The second kappa shape index (κ2) is 8.58. The number of rotatable bonds is 6. The number of carbonyl (C=O) groups excluding carboxylic acids is 2. The fourth-order valence-electron chi connectivity index (χ4n) is 2.30. The predicted octanol–water partition coefficient (Wildman–Crippen LogP) is 4.24. The Hall–Kier alpha value is -3.02. The molecule has 1 aromatic carbocycles. The van der Waals surface area contributed by atoms with E-state index in [4.69, 9.17) is 10.00 Å². The Kier molecular flexibility index (Phi) is 5.96. The number of esters is 1. The van der Waals surface area contributed by atoms with Gasteiger partial charge in [0.05, 0.1) is 23.4 Å². The van der Waals surface area contributed by atoms with Gasteiger partial charge >= 0.3 is 5.97 Å². The number of ether oxygens (including phenoxy) is 1. The van der Waals surface area contributed by atoms with E-state index in [9.17, 15) is 9.59 Å². The molecule has 0 aliphatic heterocycles. The summed E-state index contributed by atoms with van der Waals surface area (Å²) in [6.07, 6.45) is 0.000736. The third-order valence-electron chi connectivity index (χ3n) is 3.63. The summed E-state index contributed by atoms with van der Waals surface area (Å²) in [5, 5.41) is 16.4. The summed E-state index contributed by atoms with van der Waals surface area (Å²) < 4.78 is 5.21. The Morgan fingerprint density at radius 2 is 2.11 bits per heavy atom. The number of thiazole rings is 1. The van der Waals surface area contributed by atoms with Gasteiger partial charge in [-0.05, 0) is 30.5 Å². The summed E-state index contributed by atoms with van der Waals surface area (Å²) in [7, 11) is 0. The molecule has 0 bridgehead atoms. The number of anilines is 1. The Morgan fingerprint density at radius 3 is 2.85 bits per heavy atom. The number of carbonyl (C=O) groups is 2. The van der Waals surface area contributed by atoms with Crippen LogP contribution in [0, 0.1) is 18.3 Å². The van der Waals surface area contributed by atoms with Crippen LogP contribution < -0.4 is 5.32 Å². The molecule has 1 N–H and O–H groups in total. The van der Waals surface area contributed by atoms with E-state index in [1.165, 1.54) is 11.3 Å². The summed E-state index contributed by atoms with van der Waals surface area (Å²) in [6, 6.07) is 10.7. The van der Waals surface area contributed by atoms with Crippen molar-refractivity contribution in [2.75, 3.05) is 11.9 Å². The summed E-state index contributed by atoms with van der Waals surface area (Å²) in [4.78, 5) is 29.1. The number of amides is 1. The van der Waals surface area contributed by atoms with E-state index in [2.05, 4.69) is 10.3 Å². The minimum absolute atomic E-state index is 0.000736. The Balaban J connectivity index is 1.54. The number of hydrogen-bond acceptors (Lipinski definition) is 7. The summed E-state index contributed by atoms with van der Waals surface area (Å²) in [5.41, 5.74) is 2.40. The number of nitriles is 1. The molecule has 0 saturated heterocycles. The van der Waals surface area contributed by atoms with E-state index in [-0.39, 0.29) is 18.9 Å². The molecule has 0 fully saturated rings. The summed E-state index contributed by atoms with van der Waals surface area (Å²) >= 11 is 2.84. The lowest BCUT2D eigenvalue weighted by molar-refractivity contribution is -0.116. The van der Waals surface area contributed by atoms with Crippen LogP contribution in [0.1, 0.15) is 27.3 Å². The first-order valence-corrected chi connectivity index (χ1v) is 9.80. The lowest BCUT2D eigenvalue weighted by Crippen LogP contribution is -2.16. The molecule has 2 heterocycles. The van der Waals surface area contributed by atoms with Crippen LogP contribution in [-0.4, -0.2) is 23.5 Å². The zero-order valence-electron chi connectivity index (χ0n) is 14.4. The molecule has 8 heteroatoms. The highest BCUT2D eigenvalue weighted by Crippen LogP contribution is 2.29. The molecule has 3 aromatic rings. The normalized spacial score (nSPS) is 10.2. The van der Waals surface area contributed by atoms with Gasteiger partial charge in [-0.3, -0.25) is 4.79 Å². The molecule has 27 heavy (non-hydrogen) atoms. The van der Waals surface area contributed by atoms with Gasteiger partial charge in [0.1, 0.15) is 22.6 Å². The van der Waals surface area contributed by atoms with E-state index >= 15 is 0 Å². The first-order valence-electron chi connectivity index (χ1n) is 8.04. The third-order valence-corrected chi connectivity index (χ3v) is 5.50. The topological polar surface area (TPSA) is 92.1 Å². The molecular weight excluding hydrogens is 382 g/mol. The highest BCUT2D eigenvalue weighted by molar-refractivity contribution is 7.17. The average Bonchev–Trinajstić information content (AvgIpc) is 3.31.